The first-order chi connectivity index (χ1) is 11.7. The lowest BCUT2D eigenvalue weighted by atomic mass is 10.0. The fourth-order valence-corrected chi connectivity index (χ4v) is 3.14. The Bertz CT molecular complexity index is 673. The standard InChI is InChI=1S/C19H23N3O2/c1-14(21-19(24)22-11-3-5-18(22)13-23)15-6-8-16(9-7-15)17-4-2-10-20-12-17/h2,4,6-10,12,14,18,23H,3,5,11,13H2,1H3,(H,21,24)/t14?,18-/m1/s1. The number of hydrogen-bond donors (Lipinski definition) is 2. The number of aliphatic hydroxyl groups is 1. The molecule has 126 valence electrons. The van der Waals surface area contributed by atoms with E-state index >= 15 is 0 Å². The first-order valence-corrected chi connectivity index (χ1v) is 8.37. The molecule has 3 rings (SSSR count). The Kier molecular flexibility index (Phi) is 5.11. The number of benzene rings is 1. The van der Waals surface area contributed by atoms with Crippen molar-refractivity contribution in [2.45, 2.75) is 31.8 Å². The van der Waals surface area contributed by atoms with E-state index < -0.39 is 0 Å². The SMILES string of the molecule is CC(NC(=O)N1CCC[C@@H]1CO)c1ccc(-c2cccnc2)cc1. The second kappa shape index (κ2) is 7.45. The molecule has 2 heterocycles. The van der Waals surface area contributed by atoms with Crippen LogP contribution in [0.3, 0.4) is 0 Å². The van der Waals surface area contributed by atoms with Gasteiger partial charge in [-0.3, -0.25) is 4.98 Å². The highest BCUT2D eigenvalue weighted by Crippen LogP contribution is 2.22. The lowest BCUT2D eigenvalue weighted by Crippen LogP contribution is -2.44. The highest BCUT2D eigenvalue weighted by atomic mass is 16.3. The fourth-order valence-electron chi connectivity index (χ4n) is 3.14. The van der Waals surface area contributed by atoms with E-state index in [1.54, 1.807) is 11.1 Å². The van der Waals surface area contributed by atoms with E-state index in [9.17, 15) is 9.90 Å². The summed E-state index contributed by atoms with van der Waals surface area (Å²) in [5.74, 6) is 0. The van der Waals surface area contributed by atoms with E-state index in [1.807, 2.05) is 49.5 Å². The molecule has 5 heteroatoms. The van der Waals surface area contributed by atoms with Crippen LogP contribution in [0.15, 0.2) is 48.8 Å². The van der Waals surface area contributed by atoms with Gasteiger partial charge in [0.05, 0.1) is 18.7 Å². The number of nitrogens with one attached hydrogen (secondary N) is 1. The van der Waals surface area contributed by atoms with Crippen molar-refractivity contribution in [3.8, 4) is 11.1 Å². The number of urea groups is 1. The molecule has 0 radical (unpaired) electrons. The molecular weight excluding hydrogens is 302 g/mol. The van der Waals surface area contributed by atoms with Gasteiger partial charge in [0, 0.05) is 18.9 Å². The first kappa shape index (κ1) is 16.5. The zero-order valence-electron chi connectivity index (χ0n) is 13.9. The van der Waals surface area contributed by atoms with Gasteiger partial charge in [0.2, 0.25) is 0 Å². The summed E-state index contributed by atoms with van der Waals surface area (Å²) >= 11 is 0. The minimum absolute atomic E-state index is 0.0294. The number of hydrogen-bond acceptors (Lipinski definition) is 3. The summed E-state index contributed by atoms with van der Waals surface area (Å²) in [5.41, 5.74) is 3.23. The molecular formula is C19H23N3O2. The van der Waals surface area contributed by atoms with Crippen molar-refractivity contribution in [3.63, 3.8) is 0 Å². The summed E-state index contributed by atoms with van der Waals surface area (Å²) in [5, 5.41) is 12.4. The third-order valence-corrected chi connectivity index (χ3v) is 4.59. The van der Waals surface area contributed by atoms with Crippen LogP contribution in [0, 0.1) is 0 Å². The monoisotopic (exact) mass is 325 g/mol. The van der Waals surface area contributed by atoms with Crippen LogP contribution in [0.1, 0.15) is 31.4 Å². The molecule has 1 unspecified atom stereocenters. The zero-order valence-corrected chi connectivity index (χ0v) is 13.9. The van der Waals surface area contributed by atoms with E-state index in [1.165, 1.54) is 0 Å². The van der Waals surface area contributed by atoms with Crippen molar-refractivity contribution < 1.29 is 9.90 Å². The highest BCUT2D eigenvalue weighted by Gasteiger charge is 2.28. The molecule has 2 aromatic rings. The molecule has 2 amide bonds. The molecule has 2 N–H and O–H groups in total. The summed E-state index contributed by atoms with van der Waals surface area (Å²) in [6, 6.07) is 11.8. The zero-order chi connectivity index (χ0) is 16.9. The molecule has 0 aliphatic carbocycles. The summed E-state index contributed by atoms with van der Waals surface area (Å²) in [7, 11) is 0. The third kappa shape index (κ3) is 3.57. The van der Waals surface area contributed by atoms with Crippen LogP contribution in [0.5, 0.6) is 0 Å². The van der Waals surface area contributed by atoms with Gasteiger partial charge >= 0.3 is 6.03 Å². The van der Waals surface area contributed by atoms with E-state index in [-0.39, 0.29) is 24.7 Å². The van der Waals surface area contributed by atoms with Gasteiger partial charge in [-0.25, -0.2) is 4.79 Å². The summed E-state index contributed by atoms with van der Waals surface area (Å²) in [4.78, 5) is 18.3. The van der Waals surface area contributed by atoms with Gasteiger partial charge in [0.1, 0.15) is 0 Å². The van der Waals surface area contributed by atoms with Gasteiger partial charge in [-0.2, -0.15) is 0 Å². The number of aromatic nitrogens is 1. The molecule has 1 fully saturated rings. The Balaban J connectivity index is 1.65. The number of rotatable bonds is 4. The van der Waals surface area contributed by atoms with Gasteiger partial charge in [-0.1, -0.05) is 30.3 Å². The van der Waals surface area contributed by atoms with E-state index in [0.29, 0.717) is 6.54 Å². The largest absolute Gasteiger partial charge is 0.394 e. The van der Waals surface area contributed by atoms with E-state index in [4.69, 9.17) is 0 Å². The van der Waals surface area contributed by atoms with Crippen molar-refractivity contribution in [2.75, 3.05) is 13.2 Å². The van der Waals surface area contributed by atoms with Crippen LogP contribution in [-0.4, -0.2) is 40.2 Å². The van der Waals surface area contributed by atoms with E-state index in [2.05, 4.69) is 10.3 Å². The van der Waals surface area contributed by atoms with Crippen molar-refractivity contribution in [3.05, 3.63) is 54.4 Å². The number of likely N-dealkylation sites (tertiary alicyclic amines) is 1. The Hall–Kier alpha value is -2.40. The predicted octanol–water partition coefficient (Wildman–Crippen LogP) is 2.98. The summed E-state index contributed by atoms with van der Waals surface area (Å²) in [6.45, 7) is 2.71. The Labute approximate surface area is 142 Å². The van der Waals surface area contributed by atoms with Gasteiger partial charge < -0.3 is 15.3 Å². The first-order valence-electron chi connectivity index (χ1n) is 8.37. The molecule has 0 saturated carbocycles. The maximum absolute atomic E-state index is 12.4. The van der Waals surface area contributed by atoms with Gasteiger partial charge in [-0.15, -0.1) is 0 Å². The maximum atomic E-state index is 12.4. The number of carbonyl (C=O) groups is 1. The minimum Gasteiger partial charge on any atom is -0.394 e. The quantitative estimate of drug-likeness (QED) is 0.908. The van der Waals surface area contributed by atoms with Crippen LogP contribution in [0.25, 0.3) is 11.1 Å². The Morgan fingerprint density at radius 1 is 1.33 bits per heavy atom. The lowest BCUT2D eigenvalue weighted by Gasteiger charge is -2.25. The van der Waals surface area contributed by atoms with Crippen molar-refractivity contribution >= 4 is 6.03 Å². The van der Waals surface area contributed by atoms with Crippen LogP contribution in [0.2, 0.25) is 0 Å². The fraction of sp³-hybridized carbons (Fsp3) is 0.368. The lowest BCUT2D eigenvalue weighted by molar-refractivity contribution is 0.155. The third-order valence-electron chi connectivity index (χ3n) is 4.59. The number of aliphatic hydroxyl groups excluding tert-OH is 1. The molecule has 2 atom stereocenters. The number of carbonyl (C=O) groups excluding carboxylic acids is 1. The smallest absolute Gasteiger partial charge is 0.318 e. The molecule has 5 nitrogen and oxygen atoms in total. The van der Waals surface area contributed by atoms with E-state index in [0.717, 1.165) is 29.5 Å². The van der Waals surface area contributed by atoms with Gasteiger partial charge in [0.25, 0.3) is 0 Å². The maximum Gasteiger partial charge on any atom is 0.318 e. The summed E-state index contributed by atoms with van der Waals surface area (Å²) < 4.78 is 0. The van der Waals surface area contributed by atoms with Crippen LogP contribution in [0.4, 0.5) is 4.79 Å². The summed E-state index contributed by atoms with van der Waals surface area (Å²) in [6.07, 6.45) is 5.42. The second-order valence-corrected chi connectivity index (χ2v) is 6.21. The molecule has 1 aliphatic rings. The van der Waals surface area contributed by atoms with Gasteiger partial charge in [0.15, 0.2) is 0 Å². The van der Waals surface area contributed by atoms with Crippen LogP contribution >= 0.6 is 0 Å². The average Bonchev–Trinajstić information content (AvgIpc) is 3.11. The molecule has 1 aromatic carbocycles. The number of pyridine rings is 1. The molecule has 1 saturated heterocycles. The predicted molar refractivity (Wildman–Crippen MR) is 93.4 cm³/mol. The van der Waals surface area contributed by atoms with Crippen LogP contribution < -0.4 is 5.32 Å². The molecule has 1 aliphatic heterocycles. The topological polar surface area (TPSA) is 65.5 Å². The van der Waals surface area contributed by atoms with Crippen molar-refractivity contribution in [1.82, 2.24) is 15.2 Å². The Morgan fingerprint density at radius 3 is 2.79 bits per heavy atom. The number of amides is 2. The van der Waals surface area contributed by atoms with Crippen LogP contribution in [-0.2, 0) is 0 Å². The van der Waals surface area contributed by atoms with Crippen molar-refractivity contribution in [2.24, 2.45) is 0 Å². The van der Waals surface area contributed by atoms with Gasteiger partial charge in [-0.05, 0) is 42.5 Å². The minimum atomic E-state index is -0.101. The highest BCUT2D eigenvalue weighted by molar-refractivity contribution is 5.75. The normalized spacial score (nSPS) is 18.4. The molecule has 0 spiro atoms. The Morgan fingerprint density at radius 2 is 2.12 bits per heavy atom. The molecule has 24 heavy (non-hydrogen) atoms. The average molecular weight is 325 g/mol. The van der Waals surface area contributed by atoms with Crippen molar-refractivity contribution in [1.29, 1.82) is 0 Å². The number of nitrogens with zero attached hydrogens (tertiary/aromatic N) is 2. The molecule has 0 bridgehead atoms. The molecule has 1 aromatic heterocycles. The second-order valence-electron chi connectivity index (χ2n) is 6.21.